The van der Waals surface area contributed by atoms with E-state index in [-0.39, 0.29) is 0 Å². The van der Waals surface area contributed by atoms with Crippen LogP contribution in [0.2, 0.25) is 36.3 Å². The van der Waals surface area contributed by atoms with Crippen LogP contribution in [0.3, 0.4) is 0 Å². The Bertz CT molecular complexity index is 287. The molecule has 1 saturated heterocycles. The smallest absolute Gasteiger partial charge is 0.121 e. The molecule has 0 saturated carbocycles. The second-order valence-electron chi connectivity index (χ2n) is 8.20. The lowest BCUT2D eigenvalue weighted by Gasteiger charge is -2.46. The third-order valence-electron chi connectivity index (χ3n) is 6.22. The van der Waals surface area contributed by atoms with Crippen molar-refractivity contribution in [1.82, 2.24) is 9.55 Å². The summed E-state index contributed by atoms with van der Waals surface area (Å²) in [4.78, 5) is 0. The van der Waals surface area contributed by atoms with E-state index in [9.17, 15) is 0 Å². The van der Waals surface area contributed by atoms with E-state index >= 15 is 0 Å². The van der Waals surface area contributed by atoms with E-state index in [1.54, 1.807) is 36.3 Å². The summed E-state index contributed by atoms with van der Waals surface area (Å²) in [7, 11) is -2.35. The summed E-state index contributed by atoms with van der Waals surface area (Å²) in [5, 5.41) is 3.65. The zero-order valence-electron chi connectivity index (χ0n) is 17.6. The summed E-state index contributed by atoms with van der Waals surface area (Å²) in [5.74, 6) is 0. The van der Waals surface area contributed by atoms with Crippen LogP contribution in [-0.2, 0) is 0 Å². The maximum atomic E-state index is 3.65. The Kier molecular flexibility index (Phi) is 11.1. The lowest BCUT2D eigenvalue weighted by atomic mass is 10.4. The summed E-state index contributed by atoms with van der Waals surface area (Å²) < 4.78 is 3.33. The van der Waals surface area contributed by atoms with Crippen molar-refractivity contribution in [2.75, 3.05) is 19.6 Å². The van der Waals surface area contributed by atoms with Crippen molar-refractivity contribution in [3.63, 3.8) is 0 Å². The van der Waals surface area contributed by atoms with Gasteiger partial charge in [-0.3, -0.25) is 0 Å². The maximum absolute atomic E-state index is 3.65. The van der Waals surface area contributed by atoms with Gasteiger partial charge < -0.3 is 9.55 Å². The van der Waals surface area contributed by atoms with Gasteiger partial charge in [0, 0.05) is 0 Å². The summed E-state index contributed by atoms with van der Waals surface area (Å²) >= 11 is 0. The first kappa shape index (κ1) is 22.4. The molecular formula is C20H46N2Si2. The molecule has 0 aromatic carbocycles. The largest absolute Gasteiger partial charge is 0.345 e. The molecule has 144 valence electrons. The summed E-state index contributed by atoms with van der Waals surface area (Å²) in [5.41, 5.74) is 0. The van der Waals surface area contributed by atoms with E-state index in [1.807, 2.05) is 0 Å². The van der Waals surface area contributed by atoms with Gasteiger partial charge >= 0.3 is 0 Å². The monoisotopic (exact) mass is 370 g/mol. The van der Waals surface area contributed by atoms with E-state index < -0.39 is 16.5 Å². The predicted molar refractivity (Wildman–Crippen MR) is 116 cm³/mol. The van der Waals surface area contributed by atoms with Crippen LogP contribution in [0.1, 0.15) is 73.1 Å². The maximum Gasteiger partial charge on any atom is 0.121 e. The van der Waals surface area contributed by atoms with Crippen molar-refractivity contribution in [2.45, 2.75) is 109 Å². The quantitative estimate of drug-likeness (QED) is 0.288. The Balaban J connectivity index is 2.92. The lowest BCUT2D eigenvalue weighted by Crippen LogP contribution is -2.60. The molecule has 0 aliphatic carbocycles. The van der Waals surface area contributed by atoms with Gasteiger partial charge in [0.1, 0.15) is 16.5 Å². The van der Waals surface area contributed by atoms with Gasteiger partial charge in [0.05, 0.1) is 0 Å². The minimum absolute atomic E-state index is 1.17. The fourth-order valence-electron chi connectivity index (χ4n) is 5.53. The van der Waals surface area contributed by atoms with Crippen LogP contribution in [0.5, 0.6) is 0 Å². The fraction of sp³-hybridized carbons (Fsp3) is 1.00. The molecular weight excluding hydrogens is 324 g/mol. The number of hydrogen-bond acceptors (Lipinski definition) is 2. The molecule has 1 aliphatic heterocycles. The summed E-state index contributed by atoms with van der Waals surface area (Å²) in [6.45, 7) is 15.9. The summed E-state index contributed by atoms with van der Waals surface area (Å²) in [6, 6.07) is 9.58. The van der Waals surface area contributed by atoms with Crippen molar-refractivity contribution in [1.29, 1.82) is 0 Å². The van der Waals surface area contributed by atoms with Crippen molar-refractivity contribution in [3.8, 4) is 0 Å². The normalized spacial score (nSPS) is 19.9. The first-order valence-corrected chi connectivity index (χ1v) is 16.3. The highest BCUT2D eigenvalue weighted by Crippen LogP contribution is 2.47. The zero-order valence-corrected chi connectivity index (χ0v) is 19.6. The van der Waals surface area contributed by atoms with Crippen LogP contribution < -0.4 is 5.32 Å². The van der Waals surface area contributed by atoms with Gasteiger partial charge in [-0.15, -0.1) is 0 Å². The molecule has 0 atom stereocenters. The number of nitrogens with zero attached hydrogens (tertiary/aromatic N) is 1. The lowest BCUT2D eigenvalue weighted by molar-refractivity contribution is 0.534. The third kappa shape index (κ3) is 5.68. The minimum Gasteiger partial charge on any atom is -0.345 e. The van der Waals surface area contributed by atoms with Crippen LogP contribution in [0.25, 0.3) is 0 Å². The molecule has 0 aromatic heterocycles. The average molecular weight is 371 g/mol. The average Bonchev–Trinajstić information content (AvgIpc) is 2.83. The molecule has 0 aromatic rings. The first-order valence-electron chi connectivity index (χ1n) is 11.1. The van der Waals surface area contributed by atoms with Crippen LogP contribution >= 0.6 is 0 Å². The third-order valence-corrected chi connectivity index (χ3v) is 20.4. The highest BCUT2D eigenvalue weighted by Gasteiger charge is 2.54. The summed E-state index contributed by atoms with van der Waals surface area (Å²) in [6.07, 6.45) is 8.31. The van der Waals surface area contributed by atoms with E-state index in [4.69, 9.17) is 0 Å². The van der Waals surface area contributed by atoms with Crippen LogP contribution in [-0.4, -0.2) is 40.3 Å². The van der Waals surface area contributed by atoms with Crippen molar-refractivity contribution in [2.24, 2.45) is 0 Å². The molecule has 1 fully saturated rings. The molecule has 1 aliphatic rings. The molecule has 0 amide bonds. The first-order chi connectivity index (χ1) is 11.6. The molecule has 1 N–H and O–H groups in total. The van der Waals surface area contributed by atoms with E-state index in [0.717, 1.165) is 0 Å². The highest BCUT2D eigenvalue weighted by molar-refractivity contribution is 6.97. The van der Waals surface area contributed by atoms with Crippen LogP contribution in [0.15, 0.2) is 0 Å². The SMILES string of the molecule is CCCNCCCN1[Si](CCC)(CCC)CC[Si]1(CCC)CCC. The fourth-order valence-corrected chi connectivity index (χ4v) is 23.4. The van der Waals surface area contributed by atoms with Gasteiger partial charge in [-0.25, -0.2) is 0 Å². The molecule has 0 bridgehead atoms. The van der Waals surface area contributed by atoms with E-state index in [2.05, 4.69) is 44.2 Å². The van der Waals surface area contributed by atoms with Crippen molar-refractivity contribution >= 4 is 16.5 Å². The molecule has 1 rings (SSSR count). The number of hydrogen-bond donors (Lipinski definition) is 1. The molecule has 24 heavy (non-hydrogen) atoms. The molecule has 0 spiro atoms. The Morgan fingerprint density at radius 3 is 1.50 bits per heavy atom. The Morgan fingerprint density at radius 1 is 0.667 bits per heavy atom. The van der Waals surface area contributed by atoms with Crippen LogP contribution in [0.4, 0.5) is 0 Å². The highest BCUT2D eigenvalue weighted by atomic mass is 28.4. The Hall–Kier alpha value is 0.354. The standard InChI is InChI=1S/C20H46N2Si2/c1-6-12-21-13-11-14-22-23(15-7-2,16-8-3)19-20-24(22,17-9-4)18-10-5/h21H,6-20H2,1-5H3. The second kappa shape index (κ2) is 11.9. The van der Waals surface area contributed by atoms with Gasteiger partial charge in [0.25, 0.3) is 0 Å². The van der Waals surface area contributed by atoms with Crippen molar-refractivity contribution in [3.05, 3.63) is 0 Å². The molecule has 0 unspecified atom stereocenters. The van der Waals surface area contributed by atoms with E-state index in [0.29, 0.717) is 0 Å². The number of nitrogens with one attached hydrogen (secondary N) is 1. The predicted octanol–water partition coefficient (Wildman–Crippen LogP) is 6.22. The van der Waals surface area contributed by atoms with Crippen molar-refractivity contribution < 1.29 is 0 Å². The zero-order chi connectivity index (χ0) is 17.9. The van der Waals surface area contributed by atoms with Gasteiger partial charge in [-0.05, 0) is 68.7 Å². The molecule has 0 radical (unpaired) electrons. The van der Waals surface area contributed by atoms with Crippen LogP contribution in [0, 0.1) is 0 Å². The van der Waals surface area contributed by atoms with Gasteiger partial charge in [-0.1, -0.05) is 60.3 Å². The topological polar surface area (TPSA) is 15.3 Å². The van der Waals surface area contributed by atoms with Gasteiger partial charge in [-0.2, -0.15) is 0 Å². The van der Waals surface area contributed by atoms with E-state index in [1.165, 1.54) is 58.2 Å². The minimum atomic E-state index is -1.17. The Labute approximate surface area is 155 Å². The van der Waals surface area contributed by atoms with Gasteiger partial charge in [0.2, 0.25) is 0 Å². The molecule has 2 nitrogen and oxygen atoms in total. The van der Waals surface area contributed by atoms with Gasteiger partial charge in [0.15, 0.2) is 0 Å². The Morgan fingerprint density at radius 2 is 1.12 bits per heavy atom. The number of rotatable bonds is 14. The molecule has 4 heteroatoms. The second-order valence-corrected chi connectivity index (χ2v) is 17.6. The molecule has 1 heterocycles.